The highest BCUT2D eigenvalue weighted by molar-refractivity contribution is 7.92. The van der Waals surface area contributed by atoms with Crippen molar-refractivity contribution < 1.29 is 26.0 Å². The Balaban J connectivity index is 1.35. The van der Waals surface area contributed by atoms with Crippen LogP contribution in [-0.2, 0) is 19.9 Å². The number of hydrogen-bond donors (Lipinski definition) is 2. The predicted molar refractivity (Wildman–Crippen MR) is 157 cm³/mol. The topological polar surface area (TPSA) is 166 Å². The van der Waals surface area contributed by atoms with E-state index in [0.29, 0.717) is 40.1 Å². The molecule has 3 aromatic heterocycles. The van der Waals surface area contributed by atoms with Gasteiger partial charge in [0.2, 0.25) is 5.95 Å². The van der Waals surface area contributed by atoms with Crippen molar-refractivity contribution in [3.8, 4) is 11.3 Å². The lowest BCUT2D eigenvalue weighted by atomic mass is 10.0. The molecule has 12 nitrogen and oxygen atoms in total. The molecule has 6 rings (SSSR count). The second kappa shape index (κ2) is 10.8. The van der Waals surface area contributed by atoms with Gasteiger partial charge in [-0.15, -0.1) is 0 Å². The number of aryl methyl sites for hydroxylation is 1. The molecule has 1 unspecified atom stereocenters. The van der Waals surface area contributed by atoms with Crippen molar-refractivity contribution in [2.75, 3.05) is 21.5 Å². The third-order valence-electron chi connectivity index (χ3n) is 6.99. The molecule has 0 aliphatic carbocycles. The molecule has 1 aliphatic heterocycles. The summed E-state index contributed by atoms with van der Waals surface area (Å²) in [6.07, 6.45) is 3.17. The van der Waals surface area contributed by atoms with E-state index in [-0.39, 0.29) is 27.9 Å². The van der Waals surface area contributed by atoms with Gasteiger partial charge in [-0.25, -0.2) is 45.6 Å². The number of sulfonamides is 1. The summed E-state index contributed by atoms with van der Waals surface area (Å²) in [5.41, 5.74) is 2.27. The van der Waals surface area contributed by atoms with Crippen LogP contribution in [0.1, 0.15) is 28.5 Å². The number of rotatable bonds is 7. The van der Waals surface area contributed by atoms with Crippen LogP contribution in [0.3, 0.4) is 0 Å². The Morgan fingerprint density at radius 1 is 1.05 bits per heavy atom. The lowest BCUT2D eigenvalue weighted by Gasteiger charge is -2.13. The van der Waals surface area contributed by atoms with Crippen LogP contribution >= 0.6 is 0 Å². The van der Waals surface area contributed by atoms with Crippen LogP contribution in [0.2, 0.25) is 0 Å². The molecule has 1 amide bonds. The number of sulfone groups is 1. The number of fused-ring (bicyclic) bond motifs is 1. The summed E-state index contributed by atoms with van der Waals surface area (Å²) >= 11 is 0. The van der Waals surface area contributed by atoms with Gasteiger partial charge in [0.15, 0.2) is 15.5 Å². The molecule has 220 valence electrons. The van der Waals surface area contributed by atoms with E-state index < -0.39 is 37.6 Å². The van der Waals surface area contributed by atoms with Crippen molar-refractivity contribution in [2.45, 2.75) is 24.3 Å². The first-order chi connectivity index (χ1) is 20.5. The highest BCUT2D eigenvalue weighted by Crippen LogP contribution is 2.32. The van der Waals surface area contributed by atoms with Gasteiger partial charge >= 0.3 is 0 Å². The minimum Gasteiger partial charge on any atom is -0.322 e. The van der Waals surface area contributed by atoms with Crippen LogP contribution in [0.25, 0.3) is 22.3 Å². The number of nitrogens with zero attached hydrogens (tertiary/aromatic N) is 5. The lowest BCUT2D eigenvalue weighted by molar-refractivity contribution is 0.102. The molecule has 0 radical (unpaired) electrons. The van der Waals surface area contributed by atoms with Gasteiger partial charge < -0.3 is 5.32 Å². The van der Waals surface area contributed by atoms with Gasteiger partial charge in [0.1, 0.15) is 5.82 Å². The molecular formula is C28H24FN7O5S2. The number of amides is 1. The number of halogens is 1. The number of pyridine rings is 1. The largest absolute Gasteiger partial charge is 0.322 e. The number of hydrogen-bond acceptors (Lipinski definition) is 9. The first-order valence-electron chi connectivity index (χ1n) is 13.1. The second-order valence-electron chi connectivity index (χ2n) is 10.0. The third kappa shape index (κ3) is 5.81. The van der Waals surface area contributed by atoms with E-state index in [1.165, 1.54) is 60.9 Å². The maximum Gasteiger partial charge on any atom is 0.264 e. The second-order valence-corrected chi connectivity index (χ2v) is 13.9. The van der Waals surface area contributed by atoms with Crippen molar-refractivity contribution in [3.63, 3.8) is 0 Å². The summed E-state index contributed by atoms with van der Waals surface area (Å²) in [5.74, 6) is -1.10. The fourth-order valence-corrected chi connectivity index (χ4v) is 7.58. The molecule has 2 aromatic carbocycles. The molecule has 1 fully saturated rings. The summed E-state index contributed by atoms with van der Waals surface area (Å²) in [4.78, 5) is 26.1. The summed E-state index contributed by atoms with van der Waals surface area (Å²) in [6, 6.07) is 13.8. The summed E-state index contributed by atoms with van der Waals surface area (Å²) in [6.45, 7) is 1.71. The van der Waals surface area contributed by atoms with Gasteiger partial charge in [0.05, 0.1) is 44.8 Å². The van der Waals surface area contributed by atoms with E-state index in [4.69, 9.17) is 4.98 Å². The predicted octanol–water partition coefficient (Wildman–Crippen LogP) is 3.75. The Kier molecular flexibility index (Phi) is 7.14. The Morgan fingerprint density at radius 3 is 2.40 bits per heavy atom. The first kappa shape index (κ1) is 28.4. The number of nitrogens with one attached hydrogen (secondary N) is 2. The lowest BCUT2D eigenvalue weighted by Crippen LogP contribution is -2.16. The highest BCUT2D eigenvalue weighted by Gasteiger charge is 2.32. The Morgan fingerprint density at radius 2 is 1.74 bits per heavy atom. The smallest absolute Gasteiger partial charge is 0.264 e. The normalized spacial score (nSPS) is 16.3. The Hall–Kier alpha value is -4.76. The van der Waals surface area contributed by atoms with Crippen LogP contribution in [-0.4, -0.2) is 59.0 Å². The molecule has 0 spiro atoms. The zero-order valence-corrected chi connectivity index (χ0v) is 24.2. The van der Waals surface area contributed by atoms with Crippen molar-refractivity contribution in [3.05, 3.63) is 90.1 Å². The maximum atomic E-state index is 13.7. The van der Waals surface area contributed by atoms with E-state index in [1.54, 1.807) is 23.7 Å². The van der Waals surface area contributed by atoms with Gasteiger partial charge in [-0.2, -0.15) is 5.10 Å². The van der Waals surface area contributed by atoms with Crippen LogP contribution in [0.4, 0.5) is 16.0 Å². The van der Waals surface area contributed by atoms with Gasteiger partial charge in [0.25, 0.3) is 15.9 Å². The molecule has 1 aliphatic rings. The SMILES string of the molecule is Cc1nn(C2CCS(=O)(=O)C2)c2nc(-c3ccc(F)cc3)cc(C(=O)Nc3ccc(S(=O)(=O)Nc4ncccn4)cc3)c12. The summed E-state index contributed by atoms with van der Waals surface area (Å²) < 4.78 is 67.4. The van der Waals surface area contributed by atoms with Gasteiger partial charge in [0, 0.05) is 23.6 Å². The van der Waals surface area contributed by atoms with E-state index in [0.717, 1.165) is 0 Å². The average molecular weight is 622 g/mol. The highest BCUT2D eigenvalue weighted by atomic mass is 32.2. The fourth-order valence-electron chi connectivity index (χ4n) is 4.93. The molecule has 43 heavy (non-hydrogen) atoms. The molecular weight excluding hydrogens is 597 g/mol. The number of aromatic nitrogens is 5. The quantitative estimate of drug-likeness (QED) is 0.275. The Bertz CT molecular complexity index is 2070. The fraction of sp³-hybridized carbons (Fsp3) is 0.179. The monoisotopic (exact) mass is 621 g/mol. The van der Waals surface area contributed by atoms with Gasteiger partial charge in [-0.05, 0) is 74.0 Å². The molecule has 5 aromatic rings. The zero-order valence-electron chi connectivity index (χ0n) is 22.6. The Labute approximate surface area is 246 Å². The summed E-state index contributed by atoms with van der Waals surface area (Å²) in [5, 5.41) is 7.80. The standard InChI is InChI=1S/C28H24FN7O5S2/c1-17-25-23(27(37)32-20-7-9-22(10-8-20)43(40,41)35-28-30-12-2-13-31-28)15-24(18-3-5-19(29)6-4-18)33-26(25)36(34-17)21-11-14-42(38,39)16-21/h2-10,12-13,15,21H,11,14,16H2,1H3,(H,32,37)(H,30,31,35). The van der Waals surface area contributed by atoms with Crippen LogP contribution in [0.15, 0.2) is 78.0 Å². The molecule has 0 saturated carbocycles. The van der Waals surface area contributed by atoms with Crippen LogP contribution < -0.4 is 10.0 Å². The minimum atomic E-state index is -3.97. The minimum absolute atomic E-state index is 0.0304. The van der Waals surface area contributed by atoms with Crippen molar-refractivity contribution in [1.82, 2.24) is 24.7 Å². The van der Waals surface area contributed by atoms with E-state index >= 15 is 0 Å². The van der Waals surface area contributed by atoms with Crippen molar-refractivity contribution in [1.29, 1.82) is 0 Å². The maximum absolute atomic E-state index is 13.7. The average Bonchev–Trinajstić information content (AvgIpc) is 3.51. The third-order valence-corrected chi connectivity index (χ3v) is 10.1. The molecule has 15 heteroatoms. The number of benzene rings is 2. The summed E-state index contributed by atoms with van der Waals surface area (Å²) in [7, 11) is -7.21. The molecule has 2 N–H and O–H groups in total. The van der Waals surface area contributed by atoms with E-state index in [2.05, 4.69) is 25.1 Å². The number of anilines is 2. The van der Waals surface area contributed by atoms with E-state index in [9.17, 15) is 26.0 Å². The van der Waals surface area contributed by atoms with E-state index in [1.807, 2.05) is 0 Å². The van der Waals surface area contributed by atoms with Gasteiger partial charge in [-0.1, -0.05) is 0 Å². The first-order valence-corrected chi connectivity index (χ1v) is 16.4. The van der Waals surface area contributed by atoms with Gasteiger partial charge in [-0.3, -0.25) is 4.79 Å². The van der Waals surface area contributed by atoms with Crippen LogP contribution in [0, 0.1) is 12.7 Å². The molecule has 4 heterocycles. The molecule has 1 atom stereocenters. The van der Waals surface area contributed by atoms with Crippen molar-refractivity contribution in [2.24, 2.45) is 0 Å². The number of carbonyl (C=O) groups excluding carboxylic acids is 1. The van der Waals surface area contributed by atoms with Crippen molar-refractivity contribution >= 4 is 48.4 Å². The molecule has 1 saturated heterocycles. The number of carbonyl (C=O) groups is 1. The molecule has 0 bridgehead atoms. The zero-order chi connectivity index (χ0) is 30.4. The van der Waals surface area contributed by atoms with Crippen LogP contribution in [0.5, 0.6) is 0 Å².